The van der Waals surface area contributed by atoms with Crippen molar-refractivity contribution in [3.8, 4) is 0 Å². The SMILES string of the molecule is O=C(Nc1ccc(S(=O)(=O)N(Cc2ccccc2)c2ccccc2)cc1)c1ccco1. The van der Waals surface area contributed by atoms with Gasteiger partial charge in [-0.15, -0.1) is 0 Å². The second kappa shape index (κ2) is 8.89. The number of carbonyl (C=O) groups excluding carboxylic acids is 1. The summed E-state index contributed by atoms with van der Waals surface area (Å²) in [5.74, 6) is -0.231. The molecular weight excluding hydrogens is 412 g/mol. The van der Waals surface area contributed by atoms with E-state index in [9.17, 15) is 13.2 Å². The van der Waals surface area contributed by atoms with Gasteiger partial charge >= 0.3 is 0 Å². The topological polar surface area (TPSA) is 79.6 Å². The zero-order valence-corrected chi connectivity index (χ0v) is 17.3. The third-order valence-corrected chi connectivity index (χ3v) is 6.45. The molecule has 0 bridgehead atoms. The van der Waals surface area contributed by atoms with Crippen molar-refractivity contribution < 1.29 is 17.6 Å². The molecule has 0 radical (unpaired) electrons. The van der Waals surface area contributed by atoms with Gasteiger partial charge in [-0.25, -0.2) is 8.42 Å². The van der Waals surface area contributed by atoms with Crippen molar-refractivity contribution in [3.63, 3.8) is 0 Å². The fourth-order valence-corrected chi connectivity index (χ4v) is 4.55. The van der Waals surface area contributed by atoms with Crippen LogP contribution in [0.4, 0.5) is 11.4 Å². The fourth-order valence-electron chi connectivity index (χ4n) is 3.10. The Kier molecular flexibility index (Phi) is 5.86. The van der Waals surface area contributed by atoms with Crippen LogP contribution in [-0.2, 0) is 16.6 Å². The molecule has 0 spiro atoms. The molecule has 0 unspecified atom stereocenters. The summed E-state index contributed by atoms with van der Waals surface area (Å²) in [5.41, 5.74) is 1.91. The van der Waals surface area contributed by atoms with Gasteiger partial charge in [-0.2, -0.15) is 0 Å². The van der Waals surface area contributed by atoms with Gasteiger partial charge in [-0.3, -0.25) is 9.10 Å². The summed E-state index contributed by atoms with van der Waals surface area (Å²) < 4.78 is 33.4. The van der Waals surface area contributed by atoms with Crippen LogP contribution >= 0.6 is 0 Å². The number of rotatable bonds is 7. The smallest absolute Gasteiger partial charge is 0.291 e. The molecule has 0 saturated carbocycles. The Morgan fingerprint density at radius 1 is 0.806 bits per heavy atom. The number of nitrogens with zero attached hydrogens (tertiary/aromatic N) is 1. The molecule has 6 nitrogen and oxygen atoms in total. The van der Waals surface area contributed by atoms with Crippen LogP contribution in [0.2, 0.25) is 0 Å². The number of hydrogen-bond acceptors (Lipinski definition) is 4. The van der Waals surface area contributed by atoms with Crippen molar-refractivity contribution >= 4 is 27.3 Å². The predicted octanol–water partition coefficient (Wildman–Crippen LogP) is 4.93. The van der Waals surface area contributed by atoms with Crippen LogP contribution in [0.3, 0.4) is 0 Å². The van der Waals surface area contributed by atoms with E-state index in [1.165, 1.54) is 22.7 Å². The number of nitrogens with one attached hydrogen (secondary N) is 1. The average Bonchev–Trinajstić information content (AvgIpc) is 3.34. The highest BCUT2D eigenvalue weighted by atomic mass is 32.2. The van der Waals surface area contributed by atoms with Crippen LogP contribution in [0.25, 0.3) is 0 Å². The molecule has 7 heteroatoms. The Balaban J connectivity index is 1.61. The van der Waals surface area contributed by atoms with Crippen LogP contribution in [0, 0.1) is 0 Å². The van der Waals surface area contributed by atoms with E-state index in [1.54, 1.807) is 48.5 Å². The molecule has 0 fully saturated rings. The molecule has 31 heavy (non-hydrogen) atoms. The highest BCUT2D eigenvalue weighted by Gasteiger charge is 2.25. The van der Waals surface area contributed by atoms with E-state index in [0.29, 0.717) is 11.4 Å². The Morgan fingerprint density at radius 2 is 1.45 bits per heavy atom. The minimum Gasteiger partial charge on any atom is -0.459 e. The first-order valence-corrected chi connectivity index (χ1v) is 11.0. The highest BCUT2D eigenvalue weighted by Crippen LogP contribution is 2.26. The van der Waals surface area contributed by atoms with Crippen molar-refractivity contribution in [2.75, 3.05) is 9.62 Å². The zero-order valence-electron chi connectivity index (χ0n) is 16.5. The number of carbonyl (C=O) groups is 1. The zero-order chi connectivity index (χ0) is 21.7. The Hall–Kier alpha value is -3.84. The van der Waals surface area contributed by atoms with Crippen LogP contribution in [-0.4, -0.2) is 14.3 Å². The van der Waals surface area contributed by atoms with E-state index in [1.807, 2.05) is 36.4 Å². The molecular formula is C24H20N2O4S. The van der Waals surface area contributed by atoms with E-state index >= 15 is 0 Å². The summed E-state index contributed by atoms with van der Waals surface area (Å²) in [7, 11) is -3.84. The van der Waals surface area contributed by atoms with Gasteiger partial charge in [0.1, 0.15) is 0 Å². The van der Waals surface area contributed by atoms with Gasteiger partial charge in [0.05, 0.1) is 23.4 Å². The first kappa shape index (κ1) is 20.4. The number of furan rings is 1. The van der Waals surface area contributed by atoms with Gasteiger partial charge in [-0.05, 0) is 54.1 Å². The summed E-state index contributed by atoms with van der Waals surface area (Å²) in [5, 5.41) is 2.68. The predicted molar refractivity (Wildman–Crippen MR) is 119 cm³/mol. The first-order valence-electron chi connectivity index (χ1n) is 9.61. The summed E-state index contributed by atoms with van der Waals surface area (Å²) in [4.78, 5) is 12.3. The third-order valence-electron chi connectivity index (χ3n) is 4.66. The Morgan fingerprint density at radius 3 is 2.06 bits per heavy atom. The quantitative estimate of drug-likeness (QED) is 0.449. The molecule has 0 atom stereocenters. The molecule has 1 aromatic heterocycles. The maximum absolute atomic E-state index is 13.5. The van der Waals surface area contributed by atoms with Crippen LogP contribution in [0.5, 0.6) is 0 Å². The maximum atomic E-state index is 13.5. The van der Waals surface area contributed by atoms with Gasteiger partial charge in [-0.1, -0.05) is 48.5 Å². The van der Waals surface area contributed by atoms with E-state index in [0.717, 1.165) is 5.56 Å². The lowest BCUT2D eigenvalue weighted by atomic mass is 10.2. The number of sulfonamides is 1. The lowest BCUT2D eigenvalue weighted by Crippen LogP contribution is -2.30. The normalized spacial score (nSPS) is 11.1. The first-order chi connectivity index (χ1) is 15.0. The lowest BCUT2D eigenvalue weighted by Gasteiger charge is -2.25. The van der Waals surface area contributed by atoms with E-state index < -0.39 is 15.9 Å². The summed E-state index contributed by atoms with van der Waals surface area (Å²) >= 11 is 0. The van der Waals surface area contributed by atoms with Crippen molar-refractivity contribution in [2.45, 2.75) is 11.4 Å². The second-order valence-electron chi connectivity index (χ2n) is 6.79. The van der Waals surface area contributed by atoms with Gasteiger partial charge in [0, 0.05) is 5.69 Å². The van der Waals surface area contributed by atoms with E-state index in [-0.39, 0.29) is 17.2 Å². The Bertz CT molecular complexity index is 1240. The number of anilines is 2. The van der Waals surface area contributed by atoms with Gasteiger partial charge in [0.25, 0.3) is 15.9 Å². The van der Waals surface area contributed by atoms with Crippen molar-refractivity contribution in [2.24, 2.45) is 0 Å². The van der Waals surface area contributed by atoms with Crippen LogP contribution in [0.15, 0.2) is 113 Å². The fraction of sp³-hybridized carbons (Fsp3) is 0.0417. The summed E-state index contributed by atoms with van der Waals surface area (Å²) in [6, 6.07) is 27.6. The molecule has 1 heterocycles. The lowest BCUT2D eigenvalue weighted by molar-refractivity contribution is 0.0996. The standard InChI is InChI=1S/C24H20N2O4S/c27-24(23-12-7-17-30-23)25-20-13-15-22(16-14-20)31(28,29)26(21-10-5-2-6-11-21)18-19-8-3-1-4-9-19/h1-17H,18H2,(H,25,27). The molecule has 4 aromatic rings. The number of para-hydroxylation sites is 1. The largest absolute Gasteiger partial charge is 0.459 e. The number of amides is 1. The Labute approximate surface area is 180 Å². The molecule has 3 aromatic carbocycles. The van der Waals surface area contributed by atoms with Crippen LogP contribution in [0.1, 0.15) is 16.1 Å². The number of benzene rings is 3. The molecule has 0 aliphatic heterocycles. The number of hydrogen-bond donors (Lipinski definition) is 1. The van der Waals surface area contributed by atoms with Gasteiger partial charge in [0.15, 0.2) is 5.76 Å². The minimum atomic E-state index is -3.84. The van der Waals surface area contributed by atoms with Crippen LogP contribution < -0.4 is 9.62 Å². The van der Waals surface area contributed by atoms with Crippen molar-refractivity contribution in [3.05, 3.63) is 115 Å². The highest BCUT2D eigenvalue weighted by molar-refractivity contribution is 7.92. The molecule has 1 N–H and O–H groups in total. The molecule has 1 amide bonds. The average molecular weight is 433 g/mol. The molecule has 0 aliphatic rings. The van der Waals surface area contributed by atoms with E-state index in [2.05, 4.69) is 5.32 Å². The van der Waals surface area contributed by atoms with Crippen molar-refractivity contribution in [1.82, 2.24) is 0 Å². The minimum absolute atomic E-state index is 0.128. The molecule has 156 valence electrons. The monoisotopic (exact) mass is 432 g/mol. The van der Waals surface area contributed by atoms with Gasteiger partial charge < -0.3 is 9.73 Å². The second-order valence-corrected chi connectivity index (χ2v) is 8.65. The summed E-state index contributed by atoms with van der Waals surface area (Å²) in [6.07, 6.45) is 1.41. The third kappa shape index (κ3) is 4.67. The summed E-state index contributed by atoms with van der Waals surface area (Å²) in [6.45, 7) is 0.199. The van der Waals surface area contributed by atoms with E-state index in [4.69, 9.17) is 4.42 Å². The maximum Gasteiger partial charge on any atom is 0.291 e. The van der Waals surface area contributed by atoms with Crippen molar-refractivity contribution in [1.29, 1.82) is 0 Å². The van der Waals surface area contributed by atoms with Gasteiger partial charge in [0.2, 0.25) is 0 Å². The molecule has 4 rings (SSSR count). The molecule has 0 aliphatic carbocycles. The molecule has 0 saturated heterocycles.